The number of nitrogens with one attached hydrogen (secondary N) is 1. The number of phenolic OH excluding ortho intramolecular Hbond substituents is 1. The van der Waals surface area contributed by atoms with E-state index in [-0.39, 0.29) is 11.5 Å². The van der Waals surface area contributed by atoms with Gasteiger partial charge in [-0.15, -0.1) is 11.3 Å². The number of phenols is 1. The van der Waals surface area contributed by atoms with Crippen LogP contribution in [0.2, 0.25) is 0 Å². The summed E-state index contributed by atoms with van der Waals surface area (Å²) in [5, 5.41) is 14.1. The van der Waals surface area contributed by atoms with Crippen molar-refractivity contribution in [1.29, 1.82) is 0 Å². The number of benzene rings is 3. The summed E-state index contributed by atoms with van der Waals surface area (Å²) < 4.78 is 7.10. The summed E-state index contributed by atoms with van der Waals surface area (Å²) in [6.07, 6.45) is 2.09. The van der Waals surface area contributed by atoms with Gasteiger partial charge >= 0.3 is 0 Å². The van der Waals surface area contributed by atoms with Crippen LogP contribution in [0, 0.1) is 6.92 Å². The molecule has 4 rings (SSSR count). The van der Waals surface area contributed by atoms with E-state index in [0.717, 1.165) is 41.6 Å². The van der Waals surface area contributed by atoms with Crippen LogP contribution in [-0.2, 0) is 6.42 Å². The molecule has 1 aromatic heterocycles. The average Bonchev–Trinajstić information content (AvgIpc) is 3.15. The molecule has 4 aromatic rings. The van der Waals surface area contributed by atoms with Crippen molar-refractivity contribution in [2.75, 3.05) is 13.1 Å². The van der Waals surface area contributed by atoms with Crippen LogP contribution in [0.3, 0.4) is 0 Å². The van der Waals surface area contributed by atoms with E-state index in [2.05, 4.69) is 24.4 Å². The maximum Gasteiger partial charge on any atom is 0.207 e. The third-order valence-corrected chi connectivity index (χ3v) is 6.57. The van der Waals surface area contributed by atoms with Gasteiger partial charge in [0.05, 0.1) is 0 Å². The Kier molecular flexibility index (Phi) is 6.88. The molecule has 0 fully saturated rings. The zero-order valence-corrected chi connectivity index (χ0v) is 19.2. The molecular formula is C27H27NO3S. The standard InChI is InChI=1S/C27H27NO3S/c1-3-28-16-6-8-19-10-13-21(14-11-19)31-26-23-15-12-20(29)17-24(23)32-27(26)25(30)22-9-5-4-7-18(22)2/h4-5,7,9-15,17,28-29H,3,6,8,16H2,1-2H3. The molecule has 3 aromatic carbocycles. The van der Waals surface area contributed by atoms with Gasteiger partial charge < -0.3 is 15.2 Å². The maximum atomic E-state index is 13.4. The van der Waals surface area contributed by atoms with Crippen LogP contribution in [0.25, 0.3) is 10.1 Å². The molecule has 32 heavy (non-hydrogen) atoms. The molecule has 0 saturated heterocycles. The normalized spacial score (nSPS) is 11.1. The fourth-order valence-electron chi connectivity index (χ4n) is 3.70. The smallest absolute Gasteiger partial charge is 0.207 e. The van der Waals surface area contributed by atoms with Gasteiger partial charge in [0.1, 0.15) is 16.4 Å². The molecule has 164 valence electrons. The Labute approximate surface area is 192 Å². The fourth-order valence-corrected chi connectivity index (χ4v) is 4.82. The Bertz CT molecular complexity index is 1230. The zero-order chi connectivity index (χ0) is 22.5. The number of carbonyl (C=O) groups is 1. The van der Waals surface area contributed by atoms with Crippen molar-refractivity contribution in [3.63, 3.8) is 0 Å². The van der Waals surface area contributed by atoms with Crippen LogP contribution in [0.5, 0.6) is 17.2 Å². The van der Waals surface area contributed by atoms with Gasteiger partial charge in [-0.25, -0.2) is 0 Å². The van der Waals surface area contributed by atoms with Crippen molar-refractivity contribution in [3.8, 4) is 17.2 Å². The highest BCUT2D eigenvalue weighted by molar-refractivity contribution is 7.21. The van der Waals surface area contributed by atoms with Crippen LogP contribution in [0.1, 0.15) is 39.7 Å². The van der Waals surface area contributed by atoms with E-state index in [1.807, 2.05) is 43.3 Å². The molecule has 0 radical (unpaired) electrons. The number of carbonyl (C=O) groups excluding carboxylic acids is 1. The van der Waals surface area contributed by atoms with Gasteiger partial charge in [-0.05, 0) is 74.3 Å². The van der Waals surface area contributed by atoms with Gasteiger partial charge in [-0.2, -0.15) is 0 Å². The van der Waals surface area contributed by atoms with Gasteiger partial charge in [-0.3, -0.25) is 4.79 Å². The van der Waals surface area contributed by atoms with Crippen LogP contribution in [-0.4, -0.2) is 24.0 Å². The number of rotatable bonds is 9. The summed E-state index contributed by atoms with van der Waals surface area (Å²) in [7, 11) is 0. The first kappa shape index (κ1) is 22.1. The highest BCUT2D eigenvalue weighted by Crippen LogP contribution is 2.42. The molecule has 4 nitrogen and oxygen atoms in total. The first-order valence-electron chi connectivity index (χ1n) is 10.9. The number of aryl methyl sites for hydroxylation is 2. The van der Waals surface area contributed by atoms with Gasteiger partial charge in [0, 0.05) is 15.6 Å². The van der Waals surface area contributed by atoms with Crippen molar-refractivity contribution in [3.05, 3.63) is 88.3 Å². The predicted molar refractivity (Wildman–Crippen MR) is 131 cm³/mol. The highest BCUT2D eigenvalue weighted by atomic mass is 32.1. The summed E-state index contributed by atoms with van der Waals surface area (Å²) in [5.41, 5.74) is 2.83. The van der Waals surface area contributed by atoms with Crippen LogP contribution >= 0.6 is 11.3 Å². The second-order valence-corrected chi connectivity index (χ2v) is 8.84. The summed E-state index contributed by atoms with van der Waals surface area (Å²) in [6, 6.07) is 20.7. The Morgan fingerprint density at radius 1 is 1.06 bits per heavy atom. The van der Waals surface area contributed by atoms with Crippen molar-refractivity contribution in [1.82, 2.24) is 5.32 Å². The van der Waals surface area contributed by atoms with E-state index in [9.17, 15) is 9.90 Å². The van der Waals surface area contributed by atoms with E-state index in [0.29, 0.717) is 21.9 Å². The fraction of sp³-hybridized carbons (Fsp3) is 0.222. The third kappa shape index (κ3) is 4.85. The Morgan fingerprint density at radius 3 is 2.59 bits per heavy atom. The monoisotopic (exact) mass is 445 g/mol. The summed E-state index contributed by atoms with van der Waals surface area (Å²) in [5.74, 6) is 1.33. The third-order valence-electron chi connectivity index (χ3n) is 5.44. The van der Waals surface area contributed by atoms with Gasteiger partial charge in [0.15, 0.2) is 5.75 Å². The summed E-state index contributed by atoms with van der Waals surface area (Å²) >= 11 is 1.35. The number of fused-ring (bicyclic) bond motifs is 1. The van der Waals surface area contributed by atoms with Crippen molar-refractivity contribution in [2.24, 2.45) is 0 Å². The summed E-state index contributed by atoms with van der Waals surface area (Å²) in [4.78, 5) is 14.0. The molecule has 0 saturated carbocycles. The van der Waals surface area contributed by atoms with Crippen LogP contribution in [0.15, 0.2) is 66.7 Å². The predicted octanol–water partition coefficient (Wildman–Crippen LogP) is 6.48. The Balaban J connectivity index is 1.65. The quantitative estimate of drug-likeness (QED) is 0.229. The Morgan fingerprint density at radius 2 is 1.84 bits per heavy atom. The molecule has 0 aliphatic heterocycles. The lowest BCUT2D eigenvalue weighted by Crippen LogP contribution is -2.14. The molecule has 0 aliphatic carbocycles. The average molecular weight is 446 g/mol. The number of hydrogen-bond acceptors (Lipinski definition) is 5. The van der Waals surface area contributed by atoms with Crippen molar-refractivity contribution < 1.29 is 14.6 Å². The molecule has 0 spiro atoms. The molecular weight excluding hydrogens is 418 g/mol. The number of hydrogen-bond donors (Lipinski definition) is 2. The van der Waals surface area contributed by atoms with Gasteiger partial charge in [0.25, 0.3) is 0 Å². The molecule has 0 aliphatic rings. The molecule has 5 heteroatoms. The largest absolute Gasteiger partial charge is 0.508 e. The van der Waals surface area contributed by atoms with E-state index >= 15 is 0 Å². The SMILES string of the molecule is CCNCCCc1ccc(Oc2c(C(=O)c3ccccc3C)sc3cc(O)ccc23)cc1. The first-order chi connectivity index (χ1) is 15.6. The number of ether oxygens (including phenoxy) is 1. The molecule has 0 amide bonds. The van der Waals surface area contributed by atoms with E-state index in [1.165, 1.54) is 16.9 Å². The lowest BCUT2D eigenvalue weighted by atomic mass is 10.0. The van der Waals surface area contributed by atoms with E-state index < -0.39 is 0 Å². The molecule has 1 heterocycles. The minimum atomic E-state index is -0.0705. The lowest BCUT2D eigenvalue weighted by molar-refractivity contribution is 0.104. The summed E-state index contributed by atoms with van der Waals surface area (Å²) in [6.45, 7) is 6.04. The molecule has 0 unspecified atom stereocenters. The molecule has 0 atom stereocenters. The second-order valence-electron chi connectivity index (χ2n) is 7.79. The zero-order valence-electron chi connectivity index (χ0n) is 18.4. The molecule has 2 N–H and O–H groups in total. The van der Waals surface area contributed by atoms with Crippen LogP contribution in [0.4, 0.5) is 0 Å². The lowest BCUT2D eigenvalue weighted by Gasteiger charge is -2.10. The van der Waals surface area contributed by atoms with Gasteiger partial charge in [0.2, 0.25) is 5.78 Å². The first-order valence-corrected chi connectivity index (χ1v) is 11.7. The minimum Gasteiger partial charge on any atom is -0.508 e. The number of aromatic hydroxyl groups is 1. The minimum absolute atomic E-state index is 0.0705. The van der Waals surface area contributed by atoms with E-state index in [4.69, 9.17) is 4.74 Å². The Hall–Kier alpha value is -3.15. The van der Waals surface area contributed by atoms with E-state index in [1.54, 1.807) is 18.2 Å². The second kappa shape index (κ2) is 9.98. The topological polar surface area (TPSA) is 58.6 Å². The maximum absolute atomic E-state index is 13.4. The molecule has 0 bridgehead atoms. The van der Waals surface area contributed by atoms with Crippen molar-refractivity contribution in [2.45, 2.75) is 26.7 Å². The van der Waals surface area contributed by atoms with Crippen LogP contribution < -0.4 is 10.1 Å². The number of ketones is 1. The van der Waals surface area contributed by atoms with Gasteiger partial charge in [-0.1, -0.05) is 43.3 Å². The highest BCUT2D eigenvalue weighted by Gasteiger charge is 2.23. The van der Waals surface area contributed by atoms with Crippen molar-refractivity contribution >= 4 is 27.2 Å². The number of thiophene rings is 1.